The molecule has 1 aromatic carbocycles. The van der Waals surface area contributed by atoms with E-state index in [0.29, 0.717) is 11.3 Å². The van der Waals surface area contributed by atoms with Gasteiger partial charge in [-0.3, -0.25) is 0 Å². The van der Waals surface area contributed by atoms with Gasteiger partial charge in [-0.05, 0) is 25.0 Å². The third kappa shape index (κ3) is 2.57. The van der Waals surface area contributed by atoms with Gasteiger partial charge < -0.3 is 15.2 Å². The van der Waals surface area contributed by atoms with Gasteiger partial charge in [0, 0.05) is 18.4 Å². The summed E-state index contributed by atoms with van der Waals surface area (Å²) in [6.07, 6.45) is -0.551. The summed E-state index contributed by atoms with van der Waals surface area (Å²) < 4.78 is 50.8. The Labute approximate surface area is 115 Å². The lowest BCUT2D eigenvalue weighted by molar-refractivity contribution is -0.0519. The Kier molecular flexibility index (Phi) is 3.86. The van der Waals surface area contributed by atoms with Gasteiger partial charge in [-0.2, -0.15) is 0 Å². The molecule has 1 aliphatic carbocycles. The first-order chi connectivity index (χ1) is 9.33. The van der Waals surface area contributed by atoms with Gasteiger partial charge in [0.1, 0.15) is 5.75 Å². The number of hydrogen-bond acceptors (Lipinski definition) is 3. The minimum atomic E-state index is -2.71. The first-order valence-corrected chi connectivity index (χ1v) is 6.41. The van der Waals surface area contributed by atoms with Crippen molar-refractivity contribution in [1.29, 1.82) is 0 Å². The van der Waals surface area contributed by atoms with E-state index in [0.717, 1.165) is 0 Å². The molecular formula is C14H18F3NO2. The van der Waals surface area contributed by atoms with E-state index in [1.165, 1.54) is 26.4 Å². The number of rotatable bonds is 3. The Morgan fingerprint density at radius 3 is 2.15 bits per heavy atom. The van der Waals surface area contributed by atoms with Gasteiger partial charge >= 0.3 is 0 Å². The lowest BCUT2D eigenvalue weighted by atomic mass is 9.75. The molecule has 1 saturated carbocycles. The van der Waals surface area contributed by atoms with E-state index in [9.17, 15) is 13.2 Å². The topological polar surface area (TPSA) is 44.5 Å². The van der Waals surface area contributed by atoms with Crippen LogP contribution in [0.4, 0.5) is 13.2 Å². The summed E-state index contributed by atoms with van der Waals surface area (Å²) in [4.78, 5) is 0. The number of benzene rings is 1. The molecule has 0 heterocycles. The minimum Gasteiger partial charge on any atom is -0.496 e. The molecule has 2 rings (SSSR count). The van der Waals surface area contributed by atoms with Gasteiger partial charge in [0.05, 0.1) is 19.8 Å². The lowest BCUT2D eigenvalue weighted by Crippen LogP contribution is -2.44. The van der Waals surface area contributed by atoms with E-state index in [-0.39, 0.29) is 31.4 Å². The van der Waals surface area contributed by atoms with E-state index in [4.69, 9.17) is 15.2 Å². The quantitative estimate of drug-likeness (QED) is 0.929. The second-order valence-electron chi connectivity index (χ2n) is 5.17. The van der Waals surface area contributed by atoms with Crippen molar-refractivity contribution >= 4 is 0 Å². The van der Waals surface area contributed by atoms with Crippen LogP contribution in [0.25, 0.3) is 0 Å². The second-order valence-corrected chi connectivity index (χ2v) is 5.17. The molecule has 0 aliphatic heterocycles. The van der Waals surface area contributed by atoms with Crippen LogP contribution in [0.5, 0.6) is 11.5 Å². The Bertz CT molecular complexity index is 495. The number of hydrogen-bond donors (Lipinski definition) is 1. The Balaban J connectivity index is 2.48. The third-order valence-electron chi connectivity index (χ3n) is 3.87. The molecule has 0 saturated heterocycles. The van der Waals surface area contributed by atoms with Crippen molar-refractivity contribution in [3.05, 3.63) is 23.5 Å². The molecular weight excluding hydrogens is 271 g/mol. The van der Waals surface area contributed by atoms with Gasteiger partial charge in [-0.25, -0.2) is 13.2 Å². The number of methoxy groups -OCH3 is 2. The van der Waals surface area contributed by atoms with Crippen LogP contribution in [0, 0.1) is 5.82 Å². The van der Waals surface area contributed by atoms with Crippen molar-refractivity contribution < 1.29 is 22.6 Å². The van der Waals surface area contributed by atoms with Crippen molar-refractivity contribution in [3.63, 3.8) is 0 Å². The summed E-state index contributed by atoms with van der Waals surface area (Å²) in [5, 5.41) is 0. The molecule has 1 aromatic rings. The fourth-order valence-electron chi connectivity index (χ4n) is 2.69. The normalized spacial score (nSPS) is 20.5. The SMILES string of the molecule is COc1ccc(F)c(OC)c1C1(N)CCC(F)(F)CC1. The molecule has 0 aromatic heterocycles. The zero-order valence-corrected chi connectivity index (χ0v) is 11.5. The third-order valence-corrected chi connectivity index (χ3v) is 3.87. The molecule has 20 heavy (non-hydrogen) atoms. The first-order valence-electron chi connectivity index (χ1n) is 6.41. The highest BCUT2D eigenvalue weighted by atomic mass is 19.3. The monoisotopic (exact) mass is 289 g/mol. The minimum absolute atomic E-state index is 0.0305. The molecule has 0 atom stereocenters. The highest BCUT2D eigenvalue weighted by molar-refractivity contribution is 5.50. The Morgan fingerprint density at radius 1 is 1.05 bits per heavy atom. The van der Waals surface area contributed by atoms with Gasteiger partial charge in [0.25, 0.3) is 0 Å². The van der Waals surface area contributed by atoms with Crippen LogP contribution >= 0.6 is 0 Å². The lowest BCUT2D eigenvalue weighted by Gasteiger charge is -2.38. The average molecular weight is 289 g/mol. The predicted molar refractivity (Wildman–Crippen MR) is 68.8 cm³/mol. The summed E-state index contributed by atoms with van der Waals surface area (Å²) in [5.41, 5.74) is 5.53. The van der Waals surface area contributed by atoms with Crippen molar-refractivity contribution in [2.24, 2.45) is 5.73 Å². The summed E-state index contributed by atoms with van der Waals surface area (Å²) in [6.45, 7) is 0. The van der Waals surface area contributed by atoms with E-state index in [1.807, 2.05) is 0 Å². The number of halogens is 3. The maximum Gasteiger partial charge on any atom is 0.248 e. The van der Waals surface area contributed by atoms with Crippen molar-refractivity contribution in [3.8, 4) is 11.5 Å². The number of alkyl halides is 2. The highest BCUT2D eigenvalue weighted by Gasteiger charge is 2.45. The van der Waals surface area contributed by atoms with E-state index < -0.39 is 17.3 Å². The molecule has 0 unspecified atom stereocenters. The summed E-state index contributed by atoms with van der Waals surface area (Å²) in [5.74, 6) is -2.96. The highest BCUT2D eigenvalue weighted by Crippen LogP contribution is 2.48. The predicted octanol–water partition coefficient (Wildman–Crippen LogP) is 3.21. The number of nitrogens with two attached hydrogens (primary N) is 1. The molecule has 0 amide bonds. The summed E-state index contributed by atoms with van der Waals surface area (Å²) >= 11 is 0. The van der Waals surface area contributed by atoms with Crippen LogP contribution in [-0.2, 0) is 5.54 Å². The van der Waals surface area contributed by atoms with E-state index >= 15 is 0 Å². The fraction of sp³-hybridized carbons (Fsp3) is 0.571. The molecule has 112 valence electrons. The summed E-state index contributed by atoms with van der Waals surface area (Å²) in [7, 11) is 2.75. The van der Waals surface area contributed by atoms with Crippen molar-refractivity contribution in [2.75, 3.05) is 14.2 Å². The maximum absolute atomic E-state index is 13.9. The standard InChI is InChI=1S/C14H18F3NO2/c1-19-10-4-3-9(15)12(20-2)11(10)13(18)5-7-14(16,17)8-6-13/h3-4H,5-8,18H2,1-2H3. The molecule has 0 bridgehead atoms. The zero-order chi connectivity index (χ0) is 15.0. The average Bonchev–Trinajstić information content (AvgIpc) is 2.42. The molecule has 0 spiro atoms. The van der Waals surface area contributed by atoms with Crippen molar-refractivity contribution in [1.82, 2.24) is 0 Å². The zero-order valence-electron chi connectivity index (χ0n) is 11.5. The van der Waals surface area contributed by atoms with Crippen LogP contribution < -0.4 is 15.2 Å². The van der Waals surface area contributed by atoms with Crippen LogP contribution in [0.1, 0.15) is 31.2 Å². The van der Waals surface area contributed by atoms with Gasteiger partial charge in [0.15, 0.2) is 11.6 Å². The van der Waals surface area contributed by atoms with E-state index in [2.05, 4.69) is 0 Å². The van der Waals surface area contributed by atoms with Gasteiger partial charge in [-0.15, -0.1) is 0 Å². The van der Waals surface area contributed by atoms with Gasteiger partial charge in [-0.1, -0.05) is 0 Å². The smallest absolute Gasteiger partial charge is 0.248 e. The van der Waals surface area contributed by atoms with E-state index in [1.54, 1.807) is 0 Å². The van der Waals surface area contributed by atoms with Crippen LogP contribution in [0.2, 0.25) is 0 Å². The van der Waals surface area contributed by atoms with Crippen LogP contribution in [0.3, 0.4) is 0 Å². The second kappa shape index (κ2) is 5.16. The fourth-order valence-corrected chi connectivity index (χ4v) is 2.69. The van der Waals surface area contributed by atoms with Crippen LogP contribution in [-0.4, -0.2) is 20.1 Å². The Morgan fingerprint density at radius 2 is 1.65 bits per heavy atom. The number of ether oxygens (including phenoxy) is 2. The van der Waals surface area contributed by atoms with Crippen molar-refractivity contribution in [2.45, 2.75) is 37.1 Å². The molecule has 2 N–H and O–H groups in total. The molecule has 0 radical (unpaired) electrons. The molecule has 1 aliphatic rings. The first kappa shape index (κ1) is 15.0. The molecule has 3 nitrogen and oxygen atoms in total. The Hall–Kier alpha value is -1.43. The summed E-state index contributed by atoms with van der Waals surface area (Å²) in [6, 6.07) is 2.65. The molecule has 1 fully saturated rings. The molecule has 6 heteroatoms. The maximum atomic E-state index is 13.9. The van der Waals surface area contributed by atoms with Crippen LogP contribution in [0.15, 0.2) is 12.1 Å². The van der Waals surface area contributed by atoms with Gasteiger partial charge in [0.2, 0.25) is 5.92 Å². The largest absolute Gasteiger partial charge is 0.496 e.